The molecule has 16 heavy (non-hydrogen) atoms. The van der Waals surface area contributed by atoms with Gasteiger partial charge in [0, 0.05) is 6.54 Å². The highest BCUT2D eigenvalue weighted by atomic mass is 16.2. The van der Waals surface area contributed by atoms with Gasteiger partial charge in [-0.15, -0.1) is 0 Å². The van der Waals surface area contributed by atoms with Crippen molar-refractivity contribution in [2.75, 3.05) is 19.6 Å². The minimum Gasteiger partial charge on any atom is -0.345 e. The van der Waals surface area contributed by atoms with Gasteiger partial charge in [0.05, 0.1) is 13.1 Å². The third kappa shape index (κ3) is 2.97. The summed E-state index contributed by atoms with van der Waals surface area (Å²) in [5.74, 6) is 0.903. The Hall–Kier alpha value is -1.06. The fourth-order valence-corrected chi connectivity index (χ4v) is 2.68. The molecule has 1 N–H and O–H groups in total. The van der Waals surface area contributed by atoms with Crippen LogP contribution in [-0.4, -0.2) is 36.3 Å². The molecule has 1 aliphatic carbocycles. The molecule has 2 rings (SSSR count). The molecule has 0 radical (unpaired) electrons. The summed E-state index contributed by atoms with van der Waals surface area (Å²) in [4.78, 5) is 24.3. The van der Waals surface area contributed by atoms with Gasteiger partial charge in [-0.2, -0.15) is 0 Å². The molecular weight excluding hydrogens is 204 g/mol. The van der Waals surface area contributed by atoms with Gasteiger partial charge in [-0.1, -0.05) is 25.7 Å². The van der Waals surface area contributed by atoms with Crippen LogP contribution in [-0.2, 0) is 9.59 Å². The predicted octanol–water partition coefficient (Wildman–Crippen LogP) is 0.915. The number of carbonyl (C=O) groups is 2. The fraction of sp³-hybridized carbons (Fsp3) is 0.833. The Morgan fingerprint density at radius 2 is 2.00 bits per heavy atom. The monoisotopic (exact) mass is 224 g/mol. The van der Waals surface area contributed by atoms with Crippen molar-refractivity contribution in [3.8, 4) is 0 Å². The molecule has 0 unspecified atom stereocenters. The van der Waals surface area contributed by atoms with E-state index < -0.39 is 0 Å². The lowest BCUT2D eigenvalue weighted by Gasteiger charge is -2.26. The maximum atomic E-state index is 11.5. The highest BCUT2D eigenvalue weighted by Crippen LogP contribution is 2.28. The largest absolute Gasteiger partial charge is 0.345 e. The molecule has 0 bridgehead atoms. The van der Waals surface area contributed by atoms with Crippen molar-refractivity contribution in [3.05, 3.63) is 0 Å². The van der Waals surface area contributed by atoms with Crippen molar-refractivity contribution in [2.24, 2.45) is 5.92 Å². The van der Waals surface area contributed by atoms with Crippen LogP contribution in [0, 0.1) is 5.92 Å². The maximum absolute atomic E-state index is 11.5. The molecule has 1 saturated carbocycles. The zero-order chi connectivity index (χ0) is 11.4. The Morgan fingerprint density at radius 3 is 2.75 bits per heavy atom. The van der Waals surface area contributed by atoms with Gasteiger partial charge in [-0.3, -0.25) is 9.59 Å². The molecule has 0 aromatic rings. The van der Waals surface area contributed by atoms with Crippen molar-refractivity contribution >= 4 is 11.8 Å². The van der Waals surface area contributed by atoms with E-state index in [0.717, 1.165) is 18.9 Å². The maximum Gasteiger partial charge on any atom is 0.242 e. The molecule has 2 amide bonds. The van der Waals surface area contributed by atoms with E-state index in [1.807, 2.05) is 0 Å². The Labute approximate surface area is 96.4 Å². The molecule has 0 aromatic carbocycles. The third-order valence-electron chi connectivity index (χ3n) is 3.64. The Morgan fingerprint density at radius 1 is 1.25 bits per heavy atom. The highest BCUT2D eigenvalue weighted by Gasteiger charge is 2.23. The minimum atomic E-state index is -0.0273. The van der Waals surface area contributed by atoms with E-state index in [4.69, 9.17) is 0 Å². The first-order valence-corrected chi connectivity index (χ1v) is 6.30. The van der Waals surface area contributed by atoms with Crippen LogP contribution in [0.5, 0.6) is 0 Å². The van der Waals surface area contributed by atoms with Gasteiger partial charge >= 0.3 is 0 Å². The summed E-state index contributed by atoms with van der Waals surface area (Å²) in [5.41, 5.74) is 0. The molecule has 1 heterocycles. The smallest absolute Gasteiger partial charge is 0.242 e. The molecule has 0 atom stereocenters. The number of nitrogens with one attached hydrogen (secondary N) is 1. The van der Waals surface area contributed by atoms with E-state index in [-0.39, 0.29) is 24.9 Å². The summed E-state index contributed by atoms with van der Waals surface area (Å²) in [6.07, 6.45) is 7.71. The second kappa shape index (κ2) is 5.32. The summed E-state index contributed by atoms with van der Waals surface area (Å²) in [7, 11) is 0. The first-order chi connectivity index (χ1) is 7.75. The van der Waals surface area contributed by atoms with Crippen molar-refractivity contribution in [1.29, 1.82) is 0 Å². The highest BCUT2D eigenvalue weighted by molar-refractivity contribution is 5.92. The van der Waals surface area contributed by atoms with Crippen LogP contribution in [0.2, 0.25) is 0 Å². The summed E-state index contributed by atoms with van der Waals surface area (Å²) in [6.45, 7) is 1.19. The number of amides is 2. The van der Waals surface area contributed by atoms with Gasteiger partial charge in [-0.05, 0) is 18.8 Å². The topological polar surface area (TPSA) is 49.4 Å². The Balaban J connectivity index is 1.67. The minimum absolute atomic E-state index is 0.0273. The van der Waals surface area contributed by atoms with E-state index in [1.54, 1.807) is 4.90 Å². The average molecular weight is 224 g/mol. The molecule has 4 nitrogen and oxygen atoms in total. The summed E-state index contributed by atoms with van der Waals surface area (Å²) >= 11 is 0. The number of piperazine rings is 1. The first-order valence-electron chi connectivity index (χ1n) is 6.30. The molecule has 1 saturated heterocycles. The zero-order valence-corrected chi connectivity index (χ0v) is 9.71. The van der Waals surface area contributed by atoms with Crippen LogP contribution < -0.4 is 5.32 Å². The second-order valence-corrected chi connectivity index (χ2v) is 4.88. The van der Waals surface area contributed by atoms with Gasteiger partial charge in [0.2, 0.25) is 11.8 Å². The lowest BCUT2D eigenvalue weighted by molar-refractivity contribution is -0.140. The Bertz CT molecular complexity index is 272. The predicted molar refractivity (Wildman–Crippen MR) is 60.8 cm³/mol. The van der Waals surface area contributed by atoms with Gasteiger partial charge < -0.3 is 10.2 Å². The first kappa shape index (κ1) is 11.4. The standard InChI is InChI=1S/C12H20N2O2/c15-11-9-14(12(16)8-13-11)7-3-6-10-4-1-2-5-10/h10H,1-9H2,(H,13,15). The van der Waals surface area contributed by atoms with E-state index in [2.05, 4.69) is 5.32 Å². The third-order valence-corrected chi connectivity index (χ3v) is 3.64. The van der Waals surface area contributed by atoms with Gasteiger partial charge in [-0.25, -0.2) is 0 Å². The molecule has 2 fully saturated rings. The van der Waals surface area contributed by atoms with Crippen molar-refractivity contribution < 1.29 is 9.59 Å². The molecule has 0 spiro atoms. The molecular formula is C12H20N2O2. The normalized spacial score (nSPS) is 22.6. The van der Waals surface area contributed by atoms with Gasteiger partial charge in [0.1, 0.15) is 0 Å². The van der Waals surface area contributed by atoms with E-state index in [9.17, 15) is 9.59 Å². The molecule has 0 aromatic heterocycles. The number of hydrogen-bond acceptors (Lipinski definition) is 2. The summed E-state index contributed by atoms with van der Waals surface area (Å²) in [6, 6.07) is 0. The van der Waals surface area contributed by atoms with E-state index >= 15 is 0 Å². The van der Waals surface area contributed by atoms with Crippen molar-refractivity contribution in [1.82, 2.24) is 10.2 Å². The lowest BCUT2D eigenvalue weighted by atomic mass is 10.0. The van der Waals surface area contributed by atoms with E-state index in [0.29, 0.717) is 0 Å². The second-order valence-electron chi connectivity index (χ2n) is 4.88. The molecule has 90 valence electrons. The van der Waals surface area contributed by atoms with Gasteiger partial charge in [0.15, 0.2) is 0 Å². The number of carbonyl (C=O) groups excluding carboxylic acids is 2. The van der Waals surface area contributed by atoms with Crippen LogP contribution in [0.25, 0.3) is 0 Å². The van der Waals surface area contributed by atoms with Crippen LogP contribution in [0.3, 0.4) is 0 Å². The lowest BCUT2D eigenvalue weighted by Crippen LogP contribution is -2.51. The van der Waals surface area contributed by atoms with E-state index in [1.165, 1.54) is 32.1 Å². The fourth-order valence-electron chi connectivity index (χ4n) is 2.68. The number of nitrogens with zero attached hydrogens (tertiary/aromatic N) is 1. The number of hydrogen-bond donors (Lipinski definition) is 1. The van der Waals surface area contributed by atoms with Crippen molar-refractivity contribution in [2.45, 2.75) is 38.5 Å². The van der Waals surface area contributed by atoms with Crippen LogP contribution >= 0.6 is 0 Å². The SMILES string of the molecule is O=C1CN(CCCC2CCCC2)C(=O)CN1. The summed E-state index contributed by atoms with van der Waals surface area (Å²) < 4.78 is 0. The van der Waals surface area contributed by atoms with Gasteiger partial charge in [0.25, 0.3) is 0 Å². The average Bonchev–Trinajstić information content (AvgIpc) is 2.76. The molecule has 2 aliphatic rings. The number of rotatable bonds is 4. The quantitative estimate of drug-likeness (QED) is 0.772. The van der Waals surface area contributed by atoms with Crippen LogP contribution in [0.15, 0.2) is 0 Å². The van der Waals surface area contributed by atoms with Crippen LogP contribution in [0.4, 0.5) is 0 Å². The molecule has 4 heteroatoms. The summed E-state index contributed by atoms with van der Waals surface area (Å²) in [5, 5.41) is 2.56. The molecule has 1 aliphatic heterocycles. The van der Waals surface area contributed by atoms with Crippen LogP contribution in [0.1, 0.15) is 38.5 Å². The zero-order valence-electron chi connectivity index (χ0n) is 9.71. The van der Waals surface area contributed by atoms with Crippen molar-refractivity contribution in [3.63, 3.8) is 0 Å². The Kier molecular flexibility index (Phi) is 3.80.